The highest BCUT2D eigenvalue weighted by Gasteiger charge is 2.27. The third kappa shape index (κ3) is 2.88. The molecule has 1 N–H and O–H groups in total. The van der Waals surface area contributed by atoms with Gasteiger partial charge in [-0.25, -0.2) is 4.98 Å². The van der Waals surface area contributed by atoms with E-state index in [0.29, 0.717) is 6.04 Å². The second kappa shape index (κ2) is 5.21. The molecule has 1 aromatic rings. The van der Waals surface area contributed by atoms with Crippen LogP contribution in [0.3, 0.4) is 0 Å². The number of thiazole rings is 1. The quantitative estimate of drug-likeness (QED) is 0.874. The summed E-state index contributed by atoms with van der Waals surface area (Å²) in [7, 11) is 0. The highest BCUT2D eigenvalue weighted by Crippen LogP contribution is 2.32. The predicted octanol–water partition coefficient (Wildman–Crippen LogP) is 3.54. The van der Waals surface area contributed by atoms with E-state index in [1.54, 1.807) is 11.3 Å². The normalized spacial score (nSPS) is 25.7. The molecule has 1 aliphatic rings. The van der Waals surface area contributed by atoms with Gasteiger partial charge in [-0.05, 0) is 25.5 Å². The zero-order valence-electron chi connectivity index (χ0n) is 9.32. The van der Waals surface area contributed by atoms with Gasteiger partial charge >= 0.3 is 0 Å². The minimum atomic E-state index is 0.639. The molecule has 2 unspecified atom stereocenters. The van der Waals surface area contributed by atoms with Crippen molar-refractivity contribution in [3.05, 3.63) is 11.1 Å². The average molecular weight is 242 g/mol. The molecule has 2 atom stereocenters. The van der Waals surface area contributed by atoms with Crippen molar-refractivity contribution in [2.45, 2.75) is 44.4 Å². The standard InChI is InChI=1S/C11H18N2S2/c1-3-14-10-6-4-5-9(10)13-11-12-8(2)7-15-11/h7,9-10H,3-6H2,1-2H3,(H,12,13). The van der Waals surface area contributed by atoms with Gasteiger partial charge in [-0.2, -0.15) is 11.8 Å². The fourth-order valence-corrected chi connectivity index (χ4v) is 4.03. The molecule has 1 aromatic heterocycles. The lowest BCUT2D eigenvalue weighted by molar-refractivity contribution is 0.766. The van der Waals surface area contributed by atoms with Crippen molar-refractivity contribution >= 4 is 28.2 Å². The van der Waals surface area contributed by atoms with E-state index >= 15 is 0 Å². The fourth-order valence-electron chi connectivity index (χ4n) is 2.08. The van der Waals surface area contributed by atoms with Gasteiger partial charge in [0, 0.05) is 16.7 Å². The lowest BCUT2D eigenvalue weighted by atomic mass is 10.2. The Balaban J connectivity index is 1.93. The van der Waals surface area contributed by atoms with Gasteiger partial charge in [-0.3, -0.25) is 0 Å². The molecule has 2 rings (SSSR count). The molecule has 0 aromatic carbocycles. The molecule has 1 heterocycles. The SMILES string of the molecule is CCSC1CCCC1Nc1nc(C)cs1. The summed E-state index contributed by atoms with van der Waals surface area (Å²) in [5.74, 6) is 1.22. The van der Waals surface area contributed by atoms with E-state index in [0.717, 1.165) is 16.1 Å². The van der Waals surface area contributed by atoms with E-state index in [1.807, 2.05) is 0 Å². The van der Waals surface area contributed by atoms with Crippen LogP contribution < -0.4 is 5.32 Å². The number of aromatic nitrogens is 1. The number of hydrogen-bond donors (Lipinski definition) is 1. The fraction of sp³-hybridized carbons (Fsp3) is 0.727. The molecule has 0 bridgehead atoms. The Morgan fingerprint density at radius 1 is 1.60 bits per heavy atom. The first-order valence-corrected chi connectivity index (χ1v) is 7.52. The number of thioether (sulfide) groups is 1. The first kappa shape index (κ1) is 11.3. The summed E-state index contributed by atoms with van der Waals surface area (Å²) >= 11 is 3.81. The zero-order valence-corrected chi connectivity index (χ0v) is 11.0. The summed E-state index contributed by atoms with van der Waals surface area (Å²) in [6.45, 7) is 4.29. The van der Waals surface area contributed by atoms with E-state index in [2.05, 4.69) is 41.3 Å². The Morgan fingerprint density at radius 2 is 2.47 bits per heavy atom. The maximum Gasteiger partial charge on any atom is 0.183 e. The summed E-state index contributed by atoms with van der Waals surface area (Å²) in [4.78, 5) is 4.47. The van der Waals surface area contributed by atoms with Gasteiger partial charge in [0.15, 0.2) is 5.13 Å². The second-order valence-electron chi connectivity index (χ2n) is 3.97. The third-order valence-corrected chi connectivity index (χ3v) is 4.98. The monoisotopic (exact) mass is 242 g/mol. The molecule has 0 saturated heterocycles. The van der Waals surface area contributed by atoms with Crippen molar-refractivity contribution in [1.29, 1.82) is 0 Å². The summed E-state index contributed by atoms with van der Waals surface area (Å²) in [5.41, 5.74) is 1.13. The molecule has 1 fully saturated rings. The van der Waals surface area contributed by atoms with Gasteiger partial charge in [-0.15, -0.1) is 11.3 Å². The van der Waals surface area contributed by atoms with Gasteiger partial charge in [0.25, 0.3) is 0 Å². The summed E-state index contributed by atoms with van der Waals surface area (Å²) in [6, 6.07) is 0.639. The molecular weight excluding hydrogens is 224 g/mol. The number of nitrogens with zero attached hydrogens (tertiary/aromatic N) is 1. The minimum Gasteiger partial charge on any atom is -0.358 e. The second-order valence-corrected chi connectivity index (χ2v) is 6.34. The molecule has 4 heteroatoms. The highest BCUT2D eigenvalue weighted by molar-refractivity contribution is 7.99. The van der Waals surface area contributed by atoms with E-state index in [4.69, 9.17) is 0 Å². The smallest absolute Gasteiger partial charge is 0.183 e. The molecule has 1 aliphatic carbocycles. The molecule has 2 nitrogen and oxygen atoms in total. The van der Waals surface area contributed by atoms with Crippen LogP contribution in [-0.4, -0.2) is 22.0 Å². The number of anilines is 1. The summed E-state index contributed by atoms with van der Waals surface area (Å²) in [6.07, 6.45) is 4.02. The van der Waals surface area contributed by atoms with Crippen molar-refractivity contribution in [1.82, 2.24) is 4.98 Å². The first-order valence-electron chi connectivity index (χ1n) is 5.60. The maximum absolute atomic E-state index is 4.47. The average Bonchev–Trinajstić information content (AvgIpc) is 2.78. The van der Waals surface area contributed by atoms with Crippen molar-refractivity contribution < 1.29 is 0 Å². The highest BCUT2D eigenvalue weighted by atomic mass is 32.2. The minimum absolute atomic E-state index is 0.639. The zero-order chi connectivity index (χ0) is 10.7. The molecule has 0 aliphatic heterocycles. The van der Waals surface area contributed by atoms with Gasteiger partial charge < -0.3 is 5.32 Å². The Labute approximate surface area is 99.9 Å². The Bertz CT molecular complexity index is 311. The van der Waals surface area contributed by atoms with Gasteiger partial charge in [0.2, 0.25) is 0 Å². The molecule has 0 amide bonds. The Kier molecular flexibility index (Phi) is 3.92. The van der Waals surface area contributed by atoms with E-state index in [-0.39, 0.29) is 0 Å². The topological polar surface area (TPSA) is 24.9 Å². The predicted molar refractivity (Wildman–Crippen MR) is 70.0 cm³/mol. The molecule has 0 radical (unpaired) electrons. The van der Waals surface area contributed by atoms with Crippen LogP contribution in [0, 0.1) is 6.92 Å². The molecule has 0 spiro atoms. The van der Waals surface area contributed by atoms with Gasteiger partial charge in [-0.1, -0.05) is 13.3 Å². The van der Waals surface area contributed by atoms with Gasteiger partial charge in [0.1, 0.15) is 0 Å². The van der Waals surface area contributed by atoms with Gasteiger partial charge in [0.05, 0.1) is 5.69 Å². The molecule has 84 valence electrons. The molecular formula is C11H18N2S2. The Morgan fingerprint density at radius 3 is 3.13 bits per heavy atom. The lowest BCUT2D eigenvalue weighted by Gasteiger charge is -2.19. The van der Waals surface area contributed by atoms with E-state index in [9.17, 15) is 0 Å². The van der Waals surface area contributed by atoms with Crippen LogP contribution in [0.5, 0.6) is 0 Å². The number of hydrogen-bond acceptors (Lipinski definition) is 4. The third-order valence-electron chi connectivity index (χ3n) is 2.76. The summed E-state index contributed by atoms with van der Waals surface area (Å²) in [5, 5.41) is 7.58. The lowest BCUT2D eigenvalue weighted by Crippen LogP contribution is -2.26. The maximum atomic E-state index is 4.47. The van der Waals surface area contributed by atoms with Crippen molar-refractivity contribution in [2.75, 3.05) is 11.1 Å². The van der Waals surface area contributed by atoms with Crippen LogP contribution in [0.2, 0.25) is 0 Å². The van der Waals surface area contributed by atoms with Crippen LogP contribution in [0.4, 0.5) is 5.13 Å². The van der Waals surface area contributed by atoms with Crippen molar-refractivity contribution in [3.8, 4) is 0 Å². The Hall–Kier alpha value is -0.220. The van der Waals surface area contributed by atoms with Crippen LogP contribution in [0.1, 0.15) is 31.9 Å². The van der Waals surface area contributed by atoms with E-state index < -0.39 is 0 Å². The number of rotatable bonds is 4. The largest absolute Gasteiger partial charge is 0.358 e. The van der Waals surface area contributed by atoms with Crippen LogP contribution >= 0.6 is 23.1 Å². The van der Waals surface area contributed by atoms with E-state index in [1.165, 1.54) is 25.0 Å². The van der Waals surface area contributed by atoms with Crippen molar-refractivity contribution in [3.63, 3.8) is 0 Å². The number of aryl methyl sites for hydroxylation is 1. The summed E-state index contributed by atoms with van der Waals surface area (Å²) < 4.78 is 0. The van der Waals surface area contributed by atoms with Crippen LogP contribution in [0.25, 0.3) is 0 Å². The molecule has 15 heavy (non-hydrogen) atoms. The van der Waals surface area contributed by atoms with Crippen LogP contribution in [-0.2, 0) is 0 Å². The number of nitrogens with one attached hydrogen (secondary N) is 1. The first-order chi connectivity index (χ1) is 7.29. The van der Waals surface area contributed by atoms with Crippen LogP contribution in [0.15, 0.2) is 5.38 Å². The van der Waals surface area contributed by atoms with Crippen molar-refractivity contribution in [2.24, 2.45) is 0 Å². The molecule has 1 saturated carbocycles.